The first-order chi connectivity index (χ1) is 14.8. The van der Waals surface area contributed by atoms with Gasteiger partial charge in [0.2, 0.25) is 0 Å². The zero-order valence-corrected chi connectivity index (χ0v) is 16.7. The van der Waals surface area contributed by atoms with Crippen LogP contribution >= 0.6 is 0 Å². The summed E-state index contributed by atoms with van der Waals surface area (Å²) >= 11 is 0. The molecule has 0 aliphatic carbocycles. The Bertz CT molecular complexity index is 982. The molecule has 0 heterocycles. The second-order valence-electron chi connectivity index (χ2n) is 7.23. The maximum Gasteiger partial charge on any atom is 0.173 e. The molecule has 3 N–H and O–H groups in total. The predicted molar refractivity (Wildman–Crippen MR) is 121 cm³/mol. The molecule has 0 radical (unpaired) electrons. The molecule has 3 nitrogen and oxygen atoms in total. The molecule has 4 aromatic rings. The van der Waals surface area contributed by atoms with Gasteiger partial charge < -0.3 is 10.5 Å². The summed E-state index contributed by atoms with van der Waals surface area (Å²) in [6.07, 6.45) is 0. The van der Waals surface area contributed by atoms with Crippen molar-refractivity contribution in [2.24, 2.45) is 5.16 Å². The summed E-state index contributed by atoms with van der Waals surface area (Å²) in [7, 11) is 0. The van der Waals surface area contributed by atoms with Gasteiger partial charge in [-0.15, -0.1) is 0 Å². The highest BCUT2D eigenvalue weighted by atomic mass is 16.4. The van der Waals surface area contributed by atoms with Gasteiger partial charge in [0.05, 0.1) is 0 Å². The van der Waals surface area contributed by atoms with Crippen LogP contribution in [0.2, 0.25) is 0 Å². The number of nitrogens with two attached hydrogens (primary N) is 1. The van der Waals surface area contributed by atoms with E-state index < -0.39 is 5.54 Å². The molecular weight excluding hydrogens is 368 g/mol. The first-order valence-electron chi connectivity index (χ1n) is 10.1. The van der Waals surface area contributed by atoms with Crippen molar-refractivity contribution in [3.63, 3.8) is 0 Å². The first kappa shape index (κ1) is 19.6. The summed E-state index contributed by atoms with van der Waals surface area (Å²) in [6.45, 7) is 0.513. The number of benzene rings is 4. The molecule has 0 fully saturated rings. The molecule has 4 aromatic carbocycles. The van der Waals surface area contributed by atoms with E-state index in [1.165, 1.54) is 16.7 Å². The monoisotopic (exact) mass is 393 g/mol. The number of nitrogens with zero attached hydrogens (tertiary/aromatic N) is 1. The second-order valence-corrected chi connectivity index (χ2v) is 7.23. The van der Waals surface area contributed by atoms with Gasteiger partial charge in [-0.05, 0) is 0 Å². The molecule has 0 aliphatic heterocycles. The maximum atomic E-state index is 9.76. The fourth-order valence-corrected chi connectivity index (χ4v) is 4.05. The molecule has 0 saturated carbocycles. The van der Waals surface area contributed by atoms with E-state index in [1.807, 2.05) is 48.5 Å². The minimum atomic E-state index is -0.478. The van der Waals surface area contributed by atoms with Gasteiger partial charge in [0.1, 0.15) is 12.3 Å². The number of hydrogen-bond donors (Lipinski definition) is 2. The summed E-state index contributed by atoms with van der Waals surface area (Å²) in [5, 5.41) is 15.6. The van der Waals surface area contributed by atoms with Crippen molar-refractivity contribution in [1.29, 1.82) is 0 Å². The Hall–Kier alpha value is -3.69. The van der Waals surface area contributed by atoms with Crippen LogP contribution in [0.1, 0.15) is 22.3 Å². The molecule has 148 valence electrons. The zero-order valence-electron chi connectivity index (χ0n) is 16.7. The van der Waals surface area contributed by atoms with Gasteiger partial charge in [-0.25, -0.2) is 0 Å². The third-order valence-corrected chi connectivity index (χ3v) is 5.52. The van der Waals surface area contributed by atoms with Gasteiger partial charge >= 0.3 is 0 Å². The Kier molecular flexibility index (Phi) is 6.02. The maximum absolute atomic E-state index is 9.76. The number of rotatable bonds is 7. The standard InChI is InChI=1S/C27H24N2O/c30-29-26(22-13-5-1-6-14-22)21-28-27(23-15-7-2-8-16-23,24-17-9-3-10-18-24)25-19-11-4-12-20-25/h1-20,28,30H,21H2/p+1/b29-26-. The number of hydrogen-bond acceptors (Lipinski definition) is 2. The topological polar surface area (TPSA) is 49.2 Å². The molecule has 0 aliphatic rings. The van der Waals surface area contributed by atoms with Gasteiger partial charge in [-0.1, -0.05) is 126 Å². The first-order valence-corrected chi connectivity index (χ1v) is 10.1. The Morgan fingerprint density at radius 3 is 1.33 bits per heavy atom. The minimum absolute atomic E-state index is 0.478. The van der Waals surface area contributed by atoms with Crippen molar-refractivity contribution in [3.8, 4) is 0 Å². The van der Waals surface area contributed by atoms with Crippen LogP contribution < -0.4 is 5.32 Å². The summed E-state index contributed by atoms with van der Waals surface area (Å²) in [5.41, 5.74) is 4.60. The van der Waals surface area contributed by atoms with E-state index in [2.05, 4.69) is 83.3 Å². The van der Waals surface area contributed by atoms with Crippen LogP contribution in [-0.4, -0.2) is 17.5 Å². The van der Waals surface area contributed by atoms with Gasteiger partial charge in [-0.2, -0.15) is 0 Å². The molecule has 0 aromatic heterocycles. The lowest BCUT2D eigenvalue weighted by atomic mass is 9.77. The Morgan fingerprint density at radius 2 is 0.967 bits per heavy atom. The SMILES string of the molecule is O/N=C(/C[NH2+]C(c1ccccc1)(c1ccccc1)c1ccccc1)c1ccccc1. The fraction of sp³-hybridized carbons (Fsp3) is 0.0741. The van der Waals surface area contributed by atoms with Crippen molar-refractivity contribution in [3.05, 3.63) is 144 Å². The molecule has 0 spiro atoms. The van der Waals surface area contributed by atoms with Crippen molar-refractivity contribution >= 4 is 5.71 Å². The number of oxime groups is 1. The molecule has 0 amide bonds. The lowest BCUT2D eigenvalue weighted by Gasteiger charge is -2.33. The van der Waals surface area contributed by atoms with E-state index in [0.717, 1.165) is 5.56 Å². The van der Waals surface area contributed by atoms with Crippen molar-refractivity contribution in [2.75, 3.05) is 6.54 Å². The normalized spacial score (nSPS) is 11.9. The average molecular weight is 394 g/mol. The zero-order chi connectivity index (χ0) is 20.7. The fourth-order valence-electron chi connectivity index (χ4n) is 4.05. The van der Waals surface area contributed by atoms with E-state index in [9.17, 15) is 5.21 Å². The van der Waals surface area contributed by atoms with E-state index >= 15 is 0 Å². The molecule has 0 unspecified atom stereocenters. The summed E-state index contributed by atoms with van der Waals surface area (Å²) in [6, 6.07) is 41.3. The summed E-state index contributed by atoms with van der Waals surface area (Å²) < 4.78 is 0. The Labute approximate surface area is 177 Å². The Balaban J connectivity index is 1.85. The highest BCUT2D eigenvalue weighted by molar-refractivity contribution is 6.00. The summed E-state index contributed by atoms with van der Waals surface area (Å²) in [5.74, 6) is 0. The quantitative estimate of drug-likeness (QED) is 0.208. The highest BCUT2D eigenvalue weighted by Gasteiger charge is 2.40. The smallest absolute Gasteiger partial charge is 0.173 e. The van der Waals surface area contributed by atoms with Crippen LogP contribution in [-0.2, 0) is 5.54 Å². The van der Waals surface area contributed by atoms with E-state index in [0.29, 0.717) is 12.3 Å². The lowest BCUT2D eigenvalue weighted by molar-refractivity contribution is -0.705. The molecule has 4 rings (SSSR count). The largest absolute Gasteiger partial charge is 0.410 e. The third kappa shape index (κ3) is 3.88. The van der Waals surface area contributed by atoms with Crippen LogP contribution in [0.5, 0.6) is 0 Å². The molecule has 30 heavy (non-hydrogen) atoms. The minimum Gasteiger partial charge on any atom is -0.410 e. The third-order valence-electron chi connectivity index (χ3n) is 5.52. The highest BCUT2D eigenvalue weighted by Crippen LogP contribution is 2.32. The van der Waals surface area contributed by atoms with Crippen molar-refractivity contribution in [1.82, 2.24) is 0 Å². The molecule has 0 bridgehead atoms. The molecule has 0 saturated heterocycles. The lowest BCUT2D eigenvalue weighted by Crippen LogP contribution is -2.96. The molecule has 3 heteroatoms. The van der Waals surface area contributed by atoms with Crippen LogP contribution in [0, 0.1) is 0 Å². The van der Waals surface area contributed by atoms with Crippen LogP contribution in [0.25, 0.3) is 0 Å². The van der Waals surface area contributed by atoms with Gasteiger partial charge in [0.15, 0.2) is 5.54 Å². The van der Waals surface area contributed by atoms with E-state index in [-0.39, 0.29) is 0 Å². The van der Waals surface area contributed by atoms with Crippen molar-refractivity contribution in [2.45, 2.75) is 5.54 Å². The molecule has 0 atom stereocenters. The van der Waals surface area contributed by atoms with Crippen molar-refractivity contribution < 1.29 is 10.5 Å². The van der Waals surface area contributed by atoms with Gasteiger partial charge in [0.25, 0.3) is 0 Å². The van der Waals surface area contributed by atoms with E-state index in [1.54, 1.807) is 0 Å². The van der Waals surface area contributed by atoms with Crippen LogP contribution in [0.15, 0.2) is 126 Å². The molecular formula is C27H25N2O+. The summed E-state index contributed by atoms with van der Waals surface area (Å²) in [4.78, 5) is 0. The van der Waals surface area contributed by atoms with Gasteiger partial charge in [0, 0.05) is 22.3 Å². The number of quaternary nitrogens is 1. The second kappa shape index (κ2) is 9.21. The van der Waals surface area contributed by atoms with E-state index in [4.69, 9.17) is 0 Å². The van der Waals surface area contributed by atoms with Crippen LogP contribution in [0.4, 0.5) is 0 Å². The average Bonchev–Trinajstić information content (AvgIpc) is 2.84. The van der Waals surface area contributed by atoms with Crippen LogP contribution in [0.3, 0.4) is 0 Å². The Morgan fingerprint density at radius 1 is 0.600 bits per heavy atom. The predicted octanol–water partition coefficient (Wildman–Crippen LogP) is 4.42. The van der Waals surface area contributed by atoms with Gasteiger partial charge in [-0.3, -0.25) is 0 Å².